The molecule has 0 fully saturated rings. The molecule has 0 unspecified atom stereocenters. The molecule has 0 rings (SSSR count). The Morgan fingerprint density at radius 1 is 1.14 bits per heavy atom. The van der Waals surface area contributed by atoms with Gasteiger partial charge < -0.3 is 0 Å². The second kappa shape index (κ2) is 5.12. The predicted molar refractivity (Wildman–Crippen MR) is 26.3 cm³/mol. The molecule has 2 radical (unpaired) electrons. The van der Waals surface area contributed by atoms with Crippen LogP contribution in [0.15, 0.2) is 11.4 Å². The largest absolute Gasteiger partial charge is 0.234 e. The summed E-state index contributed by atoms with van der Waals surface area (Å²) in [5.41, 5.74) is 2.48. The van der Waals surface area contributed by atoms with Crippen LogP contribution in [-0.2, 0) is 9.59 Å². The van der Waals surface area contributed by atoms with E-state index in [1.165, 1.54) is 23.3 Å². The summed E-state index contributed by atoms with van der Waals surface area (Å²) in [6.07, 6.45) is 0. The predicted octanol–water partition coefficient (Wildman–Crippen LogP) is -0.619. The lowest BCUT2D eigenvalue weighted by molar-refractivity contribution is 0.569. The van der Waals surface area contributed by atoms with Crippen LogP contribution in [0.2, 0.25) is 0 Å². The fraction of sp³-hybridized carbons (Fsp3) is 0. The van der Waals surface area contributed by atoms with E-state index in [9.17, 15) is 9.59 Å². The Balaban J connectivity index is 3.33. The maximum Gasteiger partial charge on any atom is 0.131 e. The maximum atomic E-state index is 9.36. The van der Waals surface area contributed by atoms with Gasteiger partial charge in [0.1, 0.15) is 21.4 Å². The van der Waals surface area contributed by atoms with Crippen molar-refractivity contribution in [3.8, 4) is 0 Å². The van der Waals surface area contributed by atoms with Gasteiger partial charge >= 0.3 is 0 Å². The Labute approximate surface area is 43.4 Å². The molecule has 34 valence electrons. The van der Waals surface area contributed by atoms with Crippen molar-refractivity contribution in [2.24, 2.45) is 0 Å². The lowest BCUT2D eigenvalue weighted by atomic mass is 11.2. The second-order valence-electron chi connectivity index (χ2n) is 0.691. The number of hydrogen-bond acceptors (Lipinski definition) is 2. The summed E-state index contributed by atoms with van der Waals surface area (Å²) in [5, 5.41) is 0. The Kier molecular flexibility index (Phi) is 4.47. The van der Waals surface area contributed by atoms with Gasteiger partial charge in [-0.15, -0.1) is 0 Å². The van der Waals surface area contributed by atoms with Crippen LogP contribution in [-0.4, -0.2) is 21.4 Å². The fourth-order valence-corrected chi connectivity index (χ4v) is 0.329. The molecule has 0 aromatic carbocycles. The smallest absolute Gasteiger partial charge is 0.131 e. The van der Waals surface area contributed by atoms with Gasteiger partial charge in [-0.05, 0) is 11.4 Å². The minimum Gasteiger partial charge on any atom is -0.234 e. The van der Waals surface area contributed by atoms with Crippen LogP contribution >= 0.6 is 0 Å². The van der Waals surface area contributed by atoms with Crippen LogP contribution in [0.4, 0.5) is 0 Å². The first-order valence-electron chi connectivity index (χ1n) is 1.56. The van der Waals surface area contributed by atoms with E-state index < -0.39 is 0 Å². The normalized spacial score (nSPS) is 5.71. The first-order chi connectivity index (χ1) is 3.41. The SMILES string of the molecule is O=C=C[Si]C=C=O. The van der Waals surface area contributed by atoms with E-state index in [0.717, 1.165) is 0 Å². The molecular formula is C4H2O2Si. The van der Waals surface area contributed by atoms with E-state index in [4.69, 9.17) is 0 Å². The summed E-state index contributed by atoms with van der Waals surface area (Å²) in [6, 6.07) is 0. The van der Waals surface area contributed by atoms with Crippen molar-refractivity contribution < 1.29 is 9.59 Å². The number of hydrogen-bond donors (Lipinski definition) is 0. The summed E-state index contributed by atoms with van der Waals surface area (Å²) >= 11 is 0. The van der Waals surface area contributed by atoms with E-state index in [0.29, 0.717) is 0 Å². The van der Waals surface area contributed by atoms with Crippen molar-refractivity contribution in [2.45, 2.75) is 0 Å². The second-order valence-corrected chi connectivity index (χ2v) is 1.60. The third kappa shape index (κ3) is 5.12. The molecule has 0 aromatic heterocycles. The number of rotatable bonds is 2. The molecule has 0 spiro atoms. The standard InChI is InChI=1S/C4H2O2Si/c5-1-3-7-4-2-6/h3-4H. The van der Waals surface area contributed by atoms with Gasteiger partial charge in [0.05, 0.1) is 0 Å². The summed E-state index contributed by atoms with van der Waals surface area (Å²) in [5.74, 6) is 3.06. The van der Waals surface area contributed by atoms with Crippen LogP contribution in [0, 0.1) is 0 Å². The highest BCUT2D eigenvalue weighted by Crippen LogP contribution is 1.53. The van der Waals surface area contributed by atoms with E-state index in [1.807, 2.05) is 0 Å². The molecular weight excluding hydrogens is 108 g/mol. The summed E-state index contributed by atoms with van der Waals surface area (Å²) in [4.78, 5) is 18.7. The molecule has 3 heteroatoms. The molecule has 0 saturated heterocycles. The highest BCUT2D eigenvalue weighted by Gasteiger charge is 1.67. The van der Waals surface area contributed by atoms with Crippen molar-refractivity contribution in [1.29, 1.82) is 0 Å². The lowest BCUT2D eigenvalue weighted by Gasteiger charge is -1.57. The van der Waals surface area contributed by atoms with E-state index in [2.05, 4.69) is 0 Å². The first-order valence-corrected chi connectivity index (χ1v) is 2.72. The minimum absolute atomic E-state index is 0.135. The molecule has 0 atom stereocenters. The molecule has 7 heavy (non-hydrogen) atoms. The van der Waals surface area contributed by atoms with Crippen LogP contribution in [0.1, 0.15) is 0 Å². The highest BCUT2D eigenvalue weighted by atomic mass is 28.2. The van der Waals surface area contributed by atoms with Gasteiger partial charge in [0.15, 0.2) is 0 Å². The van der Waals surface area contributed by atoms with Gasteiger partial charge in [-0.25, -0.2) is 9.59 Å². The van der Waals surface area contributed by atoms with Crippen LogP contribution in [0.25, 0.3) is 0 Å². The molecule has 0 N–H and O–H groups in total. The van der Waals surface area contributed by atoms with Crippen molar-refractivity contribution in [3.63, 3.8) is 0 Å². The zero-order valence-electron chi connectivity index (χ0n) is 3.47. The van der Waals surface area contributed by atoms with Gasteiger partial charge in [0.25, 0.3) is 0 Å². The van der Waals surface area contributed by atoms with Crippen molar-refractivity contribution in [1.82, 2.24) is 0 Å². The minimum atomic E-state index is 0.135. The average molecular weight is 110 g/mol. The zero-order chi connectivity index (χ0) is 5.54. The first kappa shape index (κ1) is 6.12. The van der Waals surface area contributed by atoms with Gasteiger partial charge in [-0.2, -0.15) is 0 Å². The summed E-state index contributed by atoms with van der Waals surface area (Å²) in [6.45, 7) is 0. The van der Waals surface area contributed by atoms with Gasteiger partial charge in [0.2, 0.25) is 0 Å². The summed E-state index contributed by atoms with van der Waals surface area (Å²) < 4.78 is 0. The fourth-order valence-electron chi connectivity index (χ4n) is 0.110. The van der Waals surface area contributed by atoms with Gasteiger partial charge in [-0.3, -0.25) is 0 Å². The van der Waals surface area contributed by atoms with Crippen LogP contribution < -0.4 is 0 Å². The van der Waals surface area contributed by atoms with E-state index >= 15 is 0 Å². The molecule has 2 nitrogen and oxygen atoms in total. The molecule has 0 aliphatic rings. The third-order valence-electron chi connectivity index (χ3n) is 0.285. The Morgan fingerprint density at radius 3 is 1.86 bits per heavy atom. The molecule has 0 aliphatic heterocycles. The molecule has 0 heterocycles. The third-order valence-corrected chi connectivity index (χ3v) is 0.854. The number of carbonyl (C=O) groups excluding carboxylic acids is 2. The van der Waals surface area contributed by atoms with Crippen molar-refractivity contribution >= 4 is 21.4 Å². The van der Waals surface area contributed by atoms with Gasteiger partial charge in [-0.1, -0.05) is 0 Å². The molecule has 0 amide bonds. The Morgan fingerprint density at radius 2 is 1.57 bits per heavy atom. The van der Waals surface area contributed by atoms with E-state index in [-0.39, 0.29) is 9.52 Å². The highest BCUT2D eigenvalue weighted by molar-refractivity contribution is 6.51. The quantitative estimate of drug-likeness (QED) is 0.351. The summed E-state index contributed by atoms with van der Waals surface area (Å²) in [7, 11) is 0.135. The molecule has 0 aromatic rings. The van der Waals surface area contributed by atoms with Crippen LogP contribution in [0.3, 0.4) is 0 Å². The topological polar surface area (TPSA) is 34.1 Å². The average Bonchev–Trinajstić information content (AvgIpc) is 1.69. The molecule has 0 aliphatic carbocycles. The molecule has 0 saturated carbocycles. The lowest BCUT2D eigenvalue weighted by Crippen LogP contribution is -1.74. The Hall–Kier alpha value is -0.883. The van der Waals surface area contributed by atoms with Crippen LogP contribution in [0.5, 0.6) is 0 Å². The van der Waals surface area contributed by atoms with Crippen molar-refractivity contribution in [2.75, 3.05) is 0 Å². The van der Waals surface area contributed by atoms with Gasteiger partial charge in [0, 0.05) is 0 Å². The Bertz CT molecular complexity index is 113. The zero-order valence-corrected chi connectivity index (χ0v) is 4.47. The monoisotopic (exact) mass is 110 g/mol. The molecule has 0 bridgehead atoms. The maximum absolute atomic E-state index is 9.36. The van der Waals surface area contributed by atoms with E-state index in [1.54, 1.807) is 0 Å². The van der Waals surface area contributed by atoms with Crippen molar-refractivity contribution in [3.05, 3.63) is 11.4 Å².